The third-order valence-corrected chi connectivity index (χ3v) is 3.79. The fourth-order valence-electron chi connectivity index (χ4n) is 2.57. The van der Waals surface area contributed by atoms with Crippen molar-refractivity contribution >= 4 is 22.5 Å². The first-order valence-electron chi connectivity index (χ1n) is 11.8. The van der Waals surface area contributed by atoms with Gasteiger partial charge in [0.05, 0.1) is 31.3 Å². The number of nitrogens with one attached hydrogen (secondary N) is 1. The lowest BCUT2D eigenvalue weighted by Crippen LogP contribution is -2.41. The Morgan fingerprint density at radius 2 is 2.08 bits per heavy atom. The molecule has 0 unspecified atom stereocenters. The van der Waals surface area contributed by atoms with Crippen LogP contribution in [0.15, 0.2) is 42.9 Å². The van der Waals surface area contributed by atoms with Crippen LogP contribution in [0.1, 0.15) is 11.0 Å². The lowest BCUT2D eigenvalue weighted by atomic mass is 10.1. The molecule has 4 rings (SSSR count). The number of carbonyl (C=O) groups excluding carboxylic acids is 1. The van der Waals surface area contributed by atoms with E-state index < -0.39 is 38.6 Å². The number of hydrogen-bond acceptors (Lipinski definition) is 5. The van der Waals surface area contributed by atoms with Gasteiger partial charge in [-0.15, -0.1) is 0 Å². The summed E-state index contributed by atoms with van der Waals surface area (Å²) in [6.07, 6.45) is 5.10. The number of benzene rings is 1. The predicted octanol–water partition coefficient (Wildman–Crippen LogP) is 1.91. The molecule has 134 valence electrons. The van der Waals surface area contributed by atoms with E-state index in [-0.39, 0.29) is 10.7 Å². The summed E-state index contributed by atoms with van der Waals surface area (Å²) in [6.45, 7) is -13.7. The highest BCUT2D eigenvalue weighted by atomic mass is 16.5. The molecule has 2 aromatic heterocycles. The van der Waals surface area contributed by atoms with E-state index in [1.807, 2.05) is 24.4 Å². The van der Waals surface area contributed by atoms with Gasteiger partial charge in [-0.25, -0.2) is 4.98 Å². The fraction of sp³-hybridized carbons (Fsp3) is 0.316. The molecule has 0 spiro atoms. The lowest BCUT2D eigenvalue weighted by molar-refractivity contribution is -0.118. The van der Waals surface area contributed by atoms with E-state index in [2.05, 4.69) is 20.1 Å². The average Bonchev–Trinajstić information content (AvgIpc) is 3.16. The number of ether oxygens (including phenoxy) is 1. The number of aromatic nitrogens is 3. The molecule has 0 atom stereocenters. The van der Waals surface area contributed by atoms with E-state index in [9.17, 15) is 4.79 Å². The van der Waals surface area contributed by atoms with Crippen LogP contribution in [0.4, 0.5) is 5.82 Å². The van der Waals surface area contributed by atoms with Crippen molar-refractivity contribution in [3.05, 3.63) is 42.9 Å². The van der Waals surface area contributed by atoms with Crippen molar-refractivity contribution in [1.82, 2.24) is 19.7 Å². The van der Waals surface area contributed by atoms with Crippen molar-refractivity contribution in [2.45, 2.75) is 0 Å². The first-order chi connectivity index (χ1) is 15.6. The van der Waals surface area contributed by atoms with Crippen LogP contribution in [0.25, 0.3) is 21.9 Å². The Labute approximate surface area is 162 Å². The van der Waals surface area contributed by atoms with Gasteiger partial charge >= 0.3 is 0 Å². The van der Waals surface area contributed by atoms with Gasteiger partial charge in [-0.3, -0.25) is 14.4 Å². The molecule has 1 N–H and O–H groups in total. The number of morpholine rings is 1. The fourth-order valence-corrected chi connectivity index (χ4v) is 2.57. The van der Waals surface area contributed by atoms with Gasteiger partial charge in [0, 0.05) is 48.9 Å². The lowest BCUT2D eigenvalue weighted by Gasteiger charge is -2.25. The highest BCUT2D eigenvalue weighted by Crippen LogP contribution is 2.25. The number of aryl methyl sites for hydroxylation is 1. The van der Waals surface area contributed by atoms with Gasteiger partial charge < -0.3 is 10.1 Å². The standard InChI is InChI=1S/C19H21N5O2/c1-23-12-17(11-21-23)14-2-3-15-10-20-18(9-16(15)8-14)22-19(25)13-24-4-6-26-7-5-24/h2-3,8-12H,4-7,13H2,1H3,(H,20,22,25)/i4D2,5D2,6D2,7D2. The van der Waals surface area contributed by atoms with Crippen LogP contribution in [-0.4, -0.2) is 58.2 Å². The van der Waals surface area contributed by atoms with E-state index in [1.54, 1.807) is 24.0 Å². The van der Waals surface area contributed by atoms with E-state index >= 15 is 0 Å². The third kappa shape index (κ3) is 3.74. The zero-order valence-corrected chi connectivity index (χ0v) is 13.9. The van der Waals surface area contributed by atoms with Gasteiger partial charge in [0.2, 0.25) is 5.91 Å². The number of amides is 1. The molecule has 0 bridgehead atoms. The molecule has 3 aromatic rings. The van der Waals surface area contributed by atoms with Crippen molar-refractivity contribution in [3.63, 3.8) is 0 Å². The molecule has 7 heteroatoms. The summed E-state index contributed by atoms with van der Waals surface area (Å²) >= 11 is 0. The zero-order chi connectivity index (χ0) is 25.1. The van der Waals surface area contributed by atoms with E-state index in [1.165, 1.54) is 6.20 Å². The Hall–Kier alpha value is -2.77. The van der Waals surface area contributed by atoms with E-state index in [0.29, 0.717) is 0 Å². The normalized spacial score (nSPS) is 27.6. The van der Waals surface area contributed by atoms with Crippen LogP contribution in [0.5, 0.6) is 0 Å². The van der Waals surface area contributed by atoms with E-state index in [4.69, 9.17) is 11.0 Å². The average molecular weight is 359 g/mol. The Balaban J connectivity index is 1.58. The second kappa shape index (κ2) is 7.23. The SMILES string of the molecule is [2H]C1([2H])OC([2H])([2H])C([2H])([2H])N(CC(=O)Nc2cc3cc(-c4cnn(C)c4)ccc3cn2)C1([2H])[2H]. The van der Waals surface area contributed by atoms with Gasteiger partial charge in [-0.1, -0.05) is 12.1 Å². The minimum Gasteiger partial charge on any atom is -0.379 e. The molecule has 1 aliphatic rings. The van der Waals surface area contributed by atoms with Crippen LogP contribution in [-0.2, 0) is 16.6 Å². The highest BCUT2D eigenvalue weighted by Gasteiger charge is 2.14. The van der Waals surface area contributed by atoms with Crippen LogP contribution in [0, 0.1) is 0 Å². The smallest absolute Gasteiger partial charge is 0.239 e. The topological polar surface area (TPSA) is 72.3 Å². The van der Waals surface area contributed by atoms with Gasteiger partial charge in [0.1, 0.15) is 5.82 Å². The van der Waals surface area contributed by atoms with Crippen LogP contribution < -0.4 is 5.32 Å². The summed E-state index contributed by atoms with van der Waals surface area (Å²) in [5.41, 5.74) is 1.79. The quantitative estimate of drug-likeness (QED) is 0.770. The van der Waals surface area contributed by atoms with Crippen LogP contribution >= 0.6 is 0 Å². The first-order valence-corrected chi connectivity index (χ1v) is 7.81. The number of anilines is 1. The number of rotatable bonds is 4. The monoisotopic (exact) mass is 359 g/mol. The first kappa shape index (κ1) is 9.80. The number of hydrogen-bond donors (Lipinski definition) is 1. The summed E-state index contributed by atoms with van der Waals surface area (Å²) < 4.78 is 68.9. The van der Waals surface area contributed by atoms with Crippen molar-refractivity contribution in [2.24, 2.45) is 7.05 Å². The molecule has 3 heterocycles. The predicted molar refractivity (Wildman–Crippen MR) is 99.8 cm³/mol. The summed E-state index contributed by atoms with van der Waals surface area (Å²) in [4.78, 5) is 17.0. The van der Waals surface area contributed by atoms with Gasteiger partial charge in [-0.05, 0) is 23.1 Å². The van der Waals surface area contributed by atoms with Crippen molar-refractivity contribution in [1.29, 1.82) is 0 Å². The Morgan fingerprint density at radius 3 is 2.85 bits per heavy atom. The number of pyridine rings is 1. The molecular formula is C19H21N5O2. The maximum Gasteiger partial charge on any atom is 0.239 e. The second-order valence-electron chi connectivity index (χ2n) is 5.70. The molecule has 1 aliphatic heterocycles. The summed E-state index contributed by atoms with van der Waals surface area (Å²) in [5, 5.41) is 8.14. The van der Waals surface area contributed by atoms with Crippen molar-refractivity contribution in [2.75, 3.05) is 38.0 Å². The molecule has 0 saturated carbocycles. The van der Waals surface area contributed by atoms with Gasteiger partial charge in [0.15, 0.2) is 0 Å². The molecule has 26 heavy (non-hydrogen) atoms. The maximum atomic E-state index is 12.7. The van der Waals surface area contributed by atoms with Gasteiger partial charge in [-0.2, -0.15) is 5.10 Å². The molecule has 1 aromatic carbocycles. The number of nitrogens with zero attached hydrogens (tertiary/aromatic N) is 4. The second-order valence-corrected chi connectivity index (χ2v) is 5.70. The zero-order valence-electron chi connectivity index (χ0n) is 21.9. The highest BCUT2D eigenvalue weighted by molar-refractivity contribution is 5.94. The summed E-state index contributed by atoms with van der Waals surface area (Å²) in [6, 6.07) is 7.24. The summed E-state index contributed by atoms with van der Waals surface area (Å²) in [7, 11) is 1.80. The van der Waals surface area contributed by atoms with Gasteiger partial charge in [0.25, 0.3) is 0 Å². The largest absolute Gasteiger partial charge is 0.379 e. The number of carbonyl (C=O) groups is 1. The summed E-state index contributed by atoms with van der Waals surface area (Å²) in [5.74, 6) is -0.794. The minimum absolute atomic E-state index is 0.112. The Bertz CT molecular complexity index is 1240. The Morgan fingerprint density at radius 1 is 1.23 bits per heavy atom. The number of fused-ring (bicyclic) bond motifs is 1. The molecule has 1 saturated heterocycles. The van der Waals surface area contributed by atoms with Crippen LogP contribution in [0.2, 0.25) is 0 Å². The molecule has 7 nitrogen and oxygen atoms in total. The third-order valence-electron chi connectivity index (χ3n) is 3.79. The van der Waals surface area contributed by atoms with Crippen molar-refractivity contribution < 1.29 is 20.5 Å². The van der Waals surface area contributed by atoms with Crippen LogP contribution in [0.3, 0.4) is 0 Å². The molecular weight excluding hydrogens is 330 g/mol. The minimum atomic E-state index is -3.22. The maximum absolute atomic E-state index is 12.7. The Kier molecular flexibility index (Phi) is 2.72. The molecule has 0 aliphatic carbocycles. The molecule has 1 fully saturated rings. The van der Waals surface area contributed by atoms with E-state index in [0.717, 1.165) is 21.9 Å². The van der Waals surface area contributed by atoms with Crippen molar-refractivity contribution in [3.8, 4) is 11.1 Å². The molecule has 0 radical (unpaired) electrons. The molecule has 1 amide bonds.